The second kappa shape index (κ2) is 7.81. The molecule has 1 atom stereocenters. The maximum atomic E-state index is 8.00. The van der Waals surface area contributed by atoms with E-state index in [1.807, 2.05) is 38.1 Å². The molecule has 7 nitrogen and oxygen atoms in total. The van der Waals surface area contributed by atoms with Crippen molar-refractivity contribution in [3.63, 3.8) is 0 Å². The Hall–Kier alpha value is -3.58. The van der Waals surface area contributed by atoms with E-state index in [0.29, 0.717) is 11.9 Å². The Balaban J connectivity index is 0.000000994. The Morgan fingerprint density at radius 2 is 1.93 bits per heavy atom. The third-order valence-electron chi connectivity index (χ3n) is 5.31. The van der Waals surface area contributed by atoms with Crippen LogP contribution < -0.4 is 11.1 Å². The largest absolute Gasteiger partial charge is 0.383 e. The first kappa shape index (κ1) is 18.8. The van der Waals surface area contributed by atoms with Crippen molar-refractivity contribution < 1.29 is 4.79 Å². The summed E-state index contributed by atoms with van der Waals surface area (Å²) in [5.74, 6) is 1.22. The van der Waals surface area contributed by atoms with E-state index in [9.17, 15) is 0 Å². The standard InChI is InChI=1S/C21H20N6.CH2O/c1-23-17-9-6-13-12-14(7-8-15(13)17)27-20(16-4-2-10-24-19(16)22)26-18-5-3-11-25-21(18)27;1-2/h2-5,7-8,10-12,17,23H,6,9H2,1H3,(H2,22,24);1H2. The molecule has 3 N–H and O–H groups in total. The molecule has 3 aromatic heterocycles. The zero-order chi connectivity index (χ0) is 20.4. The Morgan fingerprint density at radius 3 is 2.72 bits per heavy atom. The second-order valence-electron chi connectivity index (χ2n) is 6.82. The predicted octanol–water partition coefficient (Wildman–Crippen LogP) is 3.09. The van der Waals surface area contributed by atoms with E-state index >= 15 is 0 Å². The number of nitrogens with one attached hydrogen (secondary N) is 1. The number of carbonyl (C=O) groups is 1. The molecule has 0 amide bonds. The van der Waals surface area contributed by atoms with Gasteiger partial charge in [-0.2, -0.15) is 0 Å². The normalized spacial score (nSPS) is 15.0. The lowest BCUT2D eigenvalue weighted by Crippen LogP contribution is -2.12. The van der Waals surface area contributed by atoms with Gasteiger partial charge in [-0.25, -0.2) is 15.0 Å². The number of nitrogens with zero attached hydrogens (tertiary/aromatic N) is 4. The zero-order valence-electron chi connectivity index (χ0n) is 16.2. The van der Waals surface area contributed by atoms with Crippen LogP contribution in [-0.2, 0) is 11.2 Å². The number of pyridine rings is 2. The summed E-state index contributed by atoms with van der Waals surface area (Å²) in [6, 6.07) is 14.7. The number of aromatic nitrogens is 4. The third kappa shape index (κ3) is 3.15. The summed E-state index contributed by atoms with van der Waals surface area (Å²) < 4.78 is 2.08. The number of aryl methyl sites for hydroxylation is 1. The monoisotopic (exact) mass is 386 g/mol. The number of imidazole rings is 1. The van der Waals surface area contributed by atoms with Crippen molar-refractivity contribution in [1.29, 1.82) is 0 Å². The number of fused-ring (bicyclic) bond motifs is 2. The van der Waals surface area contributed by atoms with E-state index in [-0.39, 0.29) is 0 Å². The average molecular weight is 386 g/mol. The number of rotatable bonds is 3. The molecule has 1 unspecified atom stereocenters. The summed E-state index contributed by atoms with van der Waals surface area (Å²) in [7, 11) is 2.02. The van der Waals surface area contributed by atoms with Crippen LogP contribution in [-0.4, -0.2) is 33.4 Å². The number of nitrogen functional groups attached to an aromatic ring is 1. The van der Waals surface area contributed by atoms with Crippen LogP contribution in [0, 0.1) is 0 Å². The number of benzene rings is 1. The van der Waals surface area contributed by atoms with Gasteiger partial charge in [0.2, 0.25) is 0 Å². The van der Waals surface area contributed by atoms with Crippen LogP contribution in [0.25, 0.3) is 28.2 Å². The molecular formula is C22H22N6O. The topological polar surface area (TPSA) is 98.7 Å². The molecule has 5 rings (SSSR count). The predicted molar refractivity (Wildman–Crippen MR) is 114 cm³/mol. The van der Waals surface area contributed by atoms with Gasteiger partial charge in [0.05, 0.1) is 5.56 Å². The van der Waals surface area contributed by atoms with Gasteiger partial charge in [0.1, 0.15) is 18.1 Å². The minimum Gasteiger partial charge on any atom is -0.383 e. The van der Waals surface area contributed by atoms with Gasteiger partial charge >= 0.3 is 0 Å². The molecule has 146 valence electrons. The average Bonchev–Trinajstić information content (AvgIpc) is 3.36. The number of hydrogen-bond donors (Lipinski definition) is 2. The number of carbonyl (C=O) groups excluding carboxylic acids is 1. The molecule has 3 heterocycles. The maximum Gasteiger partial charge on any atom is 0.164 e. The summed E-state index contributed by atoms with van der Waals surface area (Å²) in [5, 5.41) is 3.39. The maximum absolute atomic E-state index is 8.00. The van der Waals surface area contributed by atoms with Crippen molar-refractivity contribution in [3.8, 4) is 17.1 Å². The molecular weight excluding hydrogens is 364 g/mol. The SMILES string of the molecule is C=O.CNC1CCc2cc(-n3c(-c4cccnc4N)nc4cccnc43)ccc21. The van der Waals surface area contributed by atoms with E-state index in [4.69, 9.17) is 15.5 Å². The number of hydrogen-bond acceptors (Lipinski definition) is 6. The van der Waals surface area contributed by atoms with Crippen molar-refractivity contribution >= 4 is 23.8 Å². The van der Waals surface area contributed by atoms with Crippen molar-refractivity contribution in [3.05, 3.63) is 66.0 Å². The van der Waals surface area contributed by atoms with Crippen LogP contribution in [0.2, 0.25) is 0 Å². The molecule has 0 aliphatic heterocycles. The summed E-state index contributed by atoms with van der Waals surface area (Å²) in [5.41, 5.74) is 12.4. The zero-order valence-corrected chi connectivity index (χ0v) is 16.2. The fraction of sp³-hybridized carbons (Fsp3) is 0.182. The van der Waals surface area contributed by atoms with Crippen molar-refractivity contribution in [2.24, 2.45) is 0 Å². The lowest BCUT2D eigenvalue weighted by atomic mass is 10.1. The molecule has 0 fully saturated rings. The molecule has 0 saturated carbocycles. The first-order chi connectivity index (χ1) is 14.3. The first-order valence-corrected chi connectivity index (χ1v) is 9.40. The van der Waals surface area contributed by atoms with Gasteiger partial charge in [-0.15, -0.1) is 0 Å². The van der Waals surface area contributed by atoms with Gasteiger partial charge in [-0.1, -0.05) is 6.07 Å². The Morgan fingerprint density at radius 1 is 1.14 bits per heavy atom. The Bertz CT molecular complexity index is 1170. The summed E-state index contributed by atoms with van der Waals surface area (Å²) in [4.78, 5) is 21.6. The quantitative estimate of drug-likeness (QED) is 0.561. The molecule has 4 aromatic rings. The number of anilines is 1. The van der Waals surface area contributed by atoms with Gasteiger partial charge in [0.15, 0.2) is 11.5 Å². The molecule has 1 aliphatic rings. The van der Waals surface area contributed by atoms with E-state index in [1.165, 1.54) is 11.1 Å². The highest BCUT2D eigenvalue weighted by Crippen LogP contribution is 2.35. The summed E-state index contributed by atoms with van der Waals surface area (Å²) >= 11 is 0. The fourth-order valence-corrected chi connectivity index (χ4v) is 3.99. The Labute approximate surface area is 168 Å². The van der Waals surface area contributed by atoms with Crippen LogP contribution in [0.1, 0.15) is 23.6 Å². The molecule has 1 aromatic carbocycles. The lowest BCUT2D eigenvalue weighted by Gasteiger charge is -2.13. The van der Waals surface area contributed by atoms with E-state index < -0.39 is 0 Å². The van der Waals surface area contributed by atoms with Gasteiger partial charge in [0, 0.05) is 24.1 Å². The number of nitrogens with two attached hydrogens (primary N) is 1. The molecule has 0 saturated heterocycles. The minimum atomic E-state index is 0.431. The van der Waals surface area contributed by atoms with E-state index in [1.54, 1.807) is 12.4 Å². The highest BCUT2D eigenvalue weighted by molar-refractivity contribution is 5.82. The summed E-state index contributed by atoms with van der Waals surface area (Å²) in [6.45, 7) is 2.00. The third-order valence-corrected chi connectivity index (χ3v) is 5.31. The smallest absolute Gasteiger partial charge is 0.164 e. The molecule has 1 aliphatic carbocycles. The van der Waals surface area contributed by atoms with Crippen LogP contribution in [0.4, 0.5) is 5.82 Å². The minimum absolute atomic E-state index is 0.431. The van der Waals surface area contributed by atoms with Crippen molar-refractivity contribution in [1.82, 2.24) is 24.8 Å². The van der Waals surface area contributed by atoms with E-state index in [0.717, 1.165) is 41.1 Å². The van der Waals surface area contributed by atoms with Crippen LogP contribution in [0.3, 0.4) is 0 Å². The lowest BCUT2D eigenvalue weighted by molar-refractivity contribution is -0.0979. The van der Waals surface area contributed by atoms with Crippen LogP contribution in [0.15, 0.2) is 54.9 Å². The molecule has 0 spiro atoms. The highest BCUT2D eigenvalue weighted by Gasteiger charge is 2.23. The van der Waals surface area contributed by atoms with Gasteiger partial charge in [0.25, 0.3) is 0 Å². The van der Waals surface area contributed by atoms with Crippen molar-refractivity contribution in [2.75, 3.05) is 12.8 Å². The molecule has 0 radical (unpaired) electrons. The van der Waals surface area contributed by atoms with Crippen LogP contribution in [0.5, 0.6) is 0 Å². The van der Waals surface area contributed by atoms with Crippen LogP contribution >= 0.6 is 0 Å². The Kier molecular flexibility index (Phi) is 5.05. The van der Waals surface area contributed by atoms with Gasteiger partial charge in [-0.05, 0) is 67.4 Å². The van der Waals surface area contributed by atoms with E-state index in [2.05, 4.69) is 38.1 Å². The first-order valence-electron chi connectivity index (χ1n) is 9.40. The van der Waals surface area contributed by atoms with Crippen molar-refractivity contribution in [2.45, 2.75) is 18.9 Å². The molecule has 29 heavy (non-hydrogen) atoms. The fourth-order valence-electron chi connectivity index (χ4n) is 3.99. The second-order valence-corrected chi connectivity index (χ2v) is 6.82. The van der Waals surface area contributed by atoms with Gasteiger partial charge < -0.3 is 15.8 Å². The summed E-state index contributed by atoms with van der Waals surface area (Å²) in [6.07, 6.45) is 5.68. The molecule has 7 heteroatoms. The van der Waals surface area contributed by atoms with Gasteiger partial charge in [-0.3, -0.25) is 4.57 Å². The molecule has 0 bridgehead atoms. The highest BCUT2D eigenvalue weighted by atomic mass is 16.1.